The summed E-state index contributed by atoms with van der Waals surface area (Å²) in [5, 5.41) is 6.25. The van der Waals surface area contributed by atoms with Gasteiger partial charge in [0.05, 0.1) is 5.92 Å². The molecule has 7 nitrogen and oxygen atoms in total. The first kappa shape index (κ1) is 28.6. The standard InChI is InChI=1S/C29H37F3N4O3/c1-28(2,3)39-27(38)36-16-4-5-25(36)26(37)33-19-20-6-8-22(9-7-20)34-23-10-12-24(13-11-23)35-17-14-21(15-18-35)29(30,31)32/h6-13,21,25,34H,4-5,14-19H2,1-3H3,(H,33,37). The lowest BCUT2D eigenvalue weighted by molar-refractivity contribution is -0.179. The van der Waals surface area contributed by atoms with Crippen molar-refractivity contribution in [2.24, 2.45) is 5.92 Å². The lowest BCUT2D eigenvalue weighted by Gasteiger charge is -2.34. The first-order chi connectivity index (χ1) is 18.4. The molecule has 2 amide bonds. The molecule has 39 heavy (non-hydrogen) atoms. The number of hydrogen-bond acceptors (Lipinski definition) is 5. The largest absolute Gasteiger partial charge is 0.444 e. The number of carbonyl (C=O) groups is 2. The van der Waals surface area contributed by atoms with Crippen molar-refractivity contribution in [1.29, 1.82) is 0 Å². The van der Waals surface area contributed by atoms with E-state index in [2.05, 4.69) is 10.6 Å². The Hall–Kier alpha value is -3.43. The molecule has 0 bridgehead atoms. The maximum Gasteiger partial charge on any atom is 0.410 e. The van der Waals surface area contributed by atoms with Gasteiger partial charge in [-0.1, -0.05) is 12.1 Å². The zero-order chi connectivity index (χ0) is 28.2. The molecule has 2 heterocycles. The lowest BCUT2D eigenvalue weighted by Crippen LogP contribution is -2.47. The first-order valence-electron chi connectivity index (χ1n) is 13.4. The van der Waals surface area contributed by atoms with Gasteiger partial charge >= 0.3 is 12.3 Å². The van der Waals surface area contributed by atoms with Crippen LogP contribution in [0.4, 0.5) is 35.0 Å². The first-order valence-corrected chi connectivity index (χ1v) is 13.4. The maximum atomic E-state index is 12.9. The number of nitrogens with zero attached hydrogens (tertiary/aromatic N) is 2. The average molecular weight is 547 g/mol. The Labute approximate surface area is 227 Å². The minimum Gasteiger partial charge on any atom is -0.444 e. The fourth-order valence-electron chi connectivity index (χ4n) is 4.98. The predicted molar refractivity (Wildman–Crippen MR) is 145 cm³/mol. The molecule has 2 saturated heterocycles. The van der Waals surface area contributed by atoms with Crippen LogP contribution in [0.2, 0.25) is 0 Å². The summed E-state index contributed by atoms with van der Waals surface area (Å²) in [6, 6.07) is 14.8. The number of ether oxygens (including phenoxy) is 1. The minimum atomic E-state index is -4.11. The molecule has 4 rings (SSSR count). The van der Waals surface area contributed by atoms with Gasteiger partial charge in [-0.15, -0.1) is 0 Å². The zero-order valence-electron chi connectivity index (χ0n) is 22.7. The second-order valence-electron chi connectivity index (χ2n) is 11.2. The molecule has 2 aromatic rings. The Balaban J connectivity index is 1.25. The summed E-state index contributed by atoms with van der Waals surface area (Å²) in [4.78, 5) is 28.7. The molecule has 0 radical (unpaired) electrons. The van der Waals surface area contributed by atoms with Crippen molar-refractivity contribution in [2.75, 3.05) is 29.9 Å². The number of halogens is 3. The molecule has 1 unspecified atom stereocenters. The number of piperidine rings is 1. The molecule has 0 aromatic heterocycles. The van der Waals surface area contributed by atoms with Crippen LogP contribution in [-0.4, -0.2) is 54.4 Å². The molecular weight excluding hydrogens is 509 g/mol. The number of amides is 2. The van der Waals surface area contributed by atoms with E-state index in [0.29, 0.717) is 32.6 Å². The number of carbonyl (C=O) groups excluding carboxylic acids is 2. The van der Waals surface area contributed by atoms with E-state index in [4.69, 9.17) is 4.74 Å². The smallest absolute Gasteiger partial charge is 0.410 e. The normalized spacial score (nSPS) is 18.7. The van der Waals surface area contributed by atoms with E-state index in [0.717, 1.165) is 29.0 Å². The van der Waals surface area contributed by atoms with Crippen LogP contribution in [0.15, 0.2) is 48.5 Å². The Bertz CT molecular complexity index is 1120. The highest BCUT2D eigenvalue weighted by atomic mass is 19.4. The summed E-state index contributed by atoms with van der Waals surface area (Å²) >= 11 is 0. The third-order valence-corrected chi connectivity index (χ3v) is 7.08. The summed E-state index contributed by atoms with van der Waals surface area (Å²) in [5.74, 6) is -1.40. The highest BCUT2D eigenvalue weighted by Crippen LogP contribution is 2.35. The Kier molecular flexibility index (Phi) is 8.61. The van der Waals surface area contributed by atoms with Crippen LogP contribution in [0.5, 0.6) is 0 Å². The molecule has 2 aromatic carbocycles. The second kappa shape index (κ2) is 11.8. The zero-order valence-corrected chi connectivity index (χ0v) is 22.7. The van der Waals surface area contributed by atoms with Gasteiger partial charge in [0.2, 0.25) is 5.91 Å². The molecule has 2 aliphatic heterocycles. The molecule has 0 saturated carbocycles. The Morgan fingerprint density at radius 2 is 1.49 bits per heavy atom. The second-order valence-corrected chi connectivity index (χ2v) is 11.2. The lowest BCUT2D eigenvalue weighted by atomic mass is 9.96. The number of alkyl halides is 3. The van der Waals surface area contributed by atoms with E-state index in [-0.39, 0.29) is 18.7 Å². The van der Waals surface area contributed by atoms with E-state index < -0.39 is 29.8 Å². The van der Waals surface area contributed by atoms with E-state index in [1.807, 2.05) is 53.4 Å². The number of benzene rings is 2. The Morgan fingerprint density at radius 3 is 2.05 bits per heavy atom. The molecule has 0 aliphatic carbocycles. The molecule has 10 heteroatoms. The summed E-state index contributed by atoms with van der Waals surface area (Å²) in [6.45, 7) is 7.05. The molecule has 2 aliphatic rings. The fourth-order valence-corrected chi connectivity index (χ4v) is 4.98. The number of rotatable bonds is 6. The van der Waals surface area contributed by atoms with Crippen molar-refractivity contribution >= 4 is 29.1 Å². The van der Waals surface area contributed by atoms with Gasteiger partial charge in [-0.05, 0) is 88.4 Å². The van der Waals surface area contributed by atoms with Gasteiger partial charge in [0.15, 0.2) is 0 Å². The molecule has 1 atom stereocenters. The Morgan fingerprint density at radius 1 is 0.897 bits per heavy atom. The van der Waals surface area contributed by atoms with Crippen LogP contribution in [-0.2, 0) is 16.1 Å². The monoisotopic (exact) mass is 546 g/mol. The van der Waals surface area contributed by atoms with E-state index >= 15 is 0 Å². The van der Waals surface area contributed by atoms with Gasteiger partial charge in [-0.25, -0.2) is 4.79 Å². The van der Waals surface area contributed by atoms with Crippen molar-refractivity contribution in [3.8, 4) is 0 Å². The van der Waals surface area contributed by atoms with Crippen LogP contribution >= 0.6 is 0 Å². The minimum absolute atomic E-state index is 0.124. The maximum absolute atomic E-state index is 12.9. The average Bonchev–Trinajstić information content (AvgIpc) is 3.38. The van der Waals surface area contributed by atoms with E-state index in [1.54, 1.807) is 20.8 Å². The fraction of sp³-hybridized carbons (Fsp3) is 0.517. The molecule has 2 fully saturated rings. The van der Waals surface area contributed by atoms with Crippen molar-refractivity contribution in [3.63, 3.8) is 0 Å². The summed E-state index contributed by atoms with van der Waals surface area (Å²) in [7, 11) is 0. The predicted octanol–water partition coefficient (Wildman–Crippen LogP) is 6.22. The molecule has 0 spiro atoms. The van der Waals surface area contributed by atoms with Crippen molar-refractivity contribution in [2.45, 2.75) is 70.8 Å². The highest BCUT2D eigenvalue weighted by Gasteiger charge is 2.41. The number of anilines is 3. The van der Waals surface area contributed by atoms with Crippen LogP contribution in [0.1, 0.15) is 52.0 Å². The van der Waals surface area contributed by atoms with Gasteiger partial charge in [0, 0.05) is 43.2 Å². The van der Waals surface area contributed by atoms with Crippen molar-refractivity contribution in [3.05, 3.63) is 54.1 Å². The molecular formula is C29H37F3N4O3. The van der Waals surface area contributed by atoms with Crippen LogP contribution in [0.3, 0.4) is 0 Å². The number of likely N-dealkylation sites (tertiary alicyclic amines) is 1. The van der Waals surface area contributed by atoms with Gasteiger partial charge in [0.25, 0.3) is 0 Å². The molecule has 2 N–H and O–H groups in total. The third kappa shape index (κ3) is 7.80. The van der Waals surface area contributed by atoms with Gasteiger partial charge in [-0.2, -0.15) is 13.2 Å². The van der Waals surface area contributed by atoms with Crippen LogP contribution < -0.4 is 15.5 Å². The number of nitrogens with one attached hydrogen (secondary N) is 2. The topological polar surface area (TPSA) is 73.9 Å². The van der Waals surface area contributed by atoms with Crippen LogP contribution in [0.25, 0.3) is 0 Å². The molecule has 212 valence electrons. The summed E-state index contributed by atoms with van der Waals surface area (Å²) < 4.78 is 44.2. The van der Waals surface area contributed by atoms with Crippen molar-refractivity contribution in [1.82, 2.24) is 10.2 Å². The van der Waals surface area contributed by atoms with Crippen LogP contribution in [0, 0.1) is 5.92 Å². The van der Waals surface area contributed by atoms with E-state index in [1.165, 1.54) is 4.90 Å². The van der Waals surface area contributed by atoms with Gasteiger partial charge in [-0.3, -0.25) is 9.69 Å². The van der Waals surface area contributed by atoms with Gasteiger partial charge in [0.1, 0.15) is 11.6 Å². The third-order valence-electron chi connectivity index (χ3n) is 7.08. The van der Waals surface area contributed by atoms with Gasteiger partial charge < -0.3 is 20.3 Å². The SMILES string of the molecule is CC(C)(C)OC(=O)N1CCCC1C(=O)NCc1ccc(Nc2ccc(N3CCC(C(F)(F)F)CC3)cc2)cc1. The quantitative estimate of drug-likeness (QED) is 0.450. The summed E-state index contributed by atoms with van der Waals surface area (Å²) in [6.07, 6.45) is -2.96. The summed E-state index contributed by atoms with van der Waals surface area (Å²) in [5.41, 5.74) is 2.97. The van der Waals surface area contributed by atoms with Crippen molar-refractivity contribution < 1.29 is 27.5 Å². The highest BCUT2D eigenvalue weighted by molar-refractivity contribution is 5.86. The van der Waals surface area contributed by atoms with E-state index in [9.17, 15) is 22.8 Å². The number of hydrogen-bond donors (Lipinski definition) is 2.